The molecule has 4 heteroatoms. The number of piperazine rings is 1. The second-order valence-electron chi connectivity index (χ2n) is 5.00. The topological polar surface area (TPSA) is 28.2 Å². The largest absolute Gasteiger partial charge is 0.314 e. The third-order valence-corrected chi connectivity index (χ3v) is 4.21. The normalized spacial score (nSPS) is 20.6. The summed E-state index contributed by atoms with van der Waals surface area (Å²) >= 11 is 3.48. The van der Waals surface area contributed by atoms with Crippen molar-refractivity contribution in [1.29, 1.82) is 0 Å². The van der Waals surface area contributed by atoms with Crippen LogP contribution in [-0.2, 0) is 0 Å². The minimum absolute atomic E-state index is 0.439. The number of aromatic nitrogens is 1. The molecular formula is C14H22BrN3. The van der Waals surface area contributed by atoms with Crippen LogP contribution < -0.4 is 5.32 Å². The summed E-state index contributed by atoms with van der Waals surface area (Å²) in [6.07, 6.45) is 1.18. The van der Waals surface area contributed by atoms with E-state index in [1.165, 1.54) is 12.1 Å². The van der Waals surface area contributed by atoms with Gasteiger partial charge in [-0.2, -0.15) is 0 Å². The quantitative estimate of drug-likeness (QED) is 0.867. The van der Waals surface area contributed by atoms with E-state index >= 15 is 0 Å². The maximum Gasteiger partial charge on any atom is 0.106 e. The monoisotopic (exact) mass is 311 g/mol. The van der Waals surface area contributed by atoms with Crippen LogP contribution in [0.15, 0.2) is 22.8 Å². The summed E-state index contributed by atoms with van der Waals surface area (Å²) in [4.78, 5) is 7.24. The van der Waals surface area contributed by atoms with Gasteiger partial charge in [0.05, 0.1) is 11.7 Å². The number of halogens is 1. The molecule has 1 saturated heterocycles. The van der Waals surface area contributed by atoms with Gasteiger partial charge in [-0.25, -0.2) is 4.98 Å². The van der Waals surface area contributed by atoms with E-state index in [0.717, 1.165) is 30.8 Å². The molecule has 1 aliphatic rings. The molecule has 1 fully saturated rings. The first-order valence-electron chi connectivity index (χ1n) is 6.79. The van der Waals surface area contributed by atoms with E-state index in [4.69, 9.17) is 0 Å². The number of nitrogens with one attached hydrogen (secondary N) is 1. The van der Waals surface area contributed by atoms with Gasteiger partial charge < -0.3 is 5.32 Å². The number of hydrogen-bond acceptors (Lipinski definition) is 3. The second-order valence-corrected chi connectivity index (χ2v) is 5.81. The Bertz CT molecular complexity index is 377. The molecule has 0 aliphatic carbocycles. The van der Waals surface area contributed by atoms with E-state index < -0.39 is 0 Å². The van der Waals surface area contributed by atoms with Gasteiger partial charge in [0.25, 0.3) is 0 Å². The van der Waals surface area contributed by atoms with E-state index in [9.17, 15) is 0 Å². The van der Waals surface area contributed by atoms with E-state index in [-0.39, 0.29) is 0 Å². The third-order valence-electron chi connectivity index (χ3n) is 3.77. The highest BCUT2D eigenvalue weighted by Crippen LogP contribution is 2.30. The first-order valence-corrected chi connectivity index (χ1v) is 7.59. The Labute approximate surface area is 118 Å². The van der Waals surface area contributed by atoms with Crippen molar-refractivity contribution in [3.05, 3.63) is 28.5 Å². The van der Waals surface area contributed by atoms with Crippen LogP contribution in [0.2, 0.25) is 0 Å². The Balaban J connectivity index is 2.23. The first kappa shape index (κ1) is 14.0. The molecule has 0 bridgehead atoms. The average Bonchev–Trinajstić information content (AvgIpc) is 2.40. The molecule has 3 nitrogen and oxygen atoms in total. The van der Waals surface area contributed by atoms with Gasteiger partial charge >= 0.3 is 0 Å². The van der Waals surface area contributed by atoms with Crippen molar-refractivity contribution < 1.29 is 0 Å². The Morgan fingerprint density at radius 3 is 2.72 bits per heavy atom. The zero-order valence-electron chi connectivity index (χ0n) is 11.2. The van der Waals surface area contributed by atoms with Crippen LogP contribution in [0.5, 0.6) is 0 Å². The van der Waals surface area contributed by atoms with Gasteiger partial charge in [-0.05, 0) is 34.0 Å². The zero-order chi connectivity index (χ0) is 13.0. The van der Waals surface area contributed by atoms with Crippen LogP contribution in [0, 0.1) is 5.92 Å². The Morgan fingerprint density at radius 2 is 2.11 bits per heavy atom. The van der Waals surface area contributed by atoms with Gasteiger partial charge in [0.1, 0.15) is 4.60 Å². The fourth-order valence-corrected chi connectivity index (χ4v) is 2.97. The summed E-state index contributed by atoms with van der Waals surface area (Å²) in [7, 11) is 0. The number of hydrogen-bond donors (Lipinski definition) is 1. The Kier molecular flexibility index (Phi) is 5.15. The minimum Gasteiger partial charge on any atom is -0.314 e. The van der Waals surface area contributed by atoms with Crippen molar-refractivity contribution in [2.24, 2.45) is 5.92 Å². The van der Waals surface area contributed by atoms with Crippen molar-refractivity contribution in [2.45, 2.75) is 26.3 Å². The molecule has 0 spiro atoms. The molecule has 1 aromatic heterocycles. The van der Waals surface area contributed by atoms with E-state index in [2.05, 4.69) is 57.1 Å². The van der Waals surface area contributed by atoms with Crippen molar-refractivity contribution >= 4 is 15.9 Å². The lowest BCUT2D eigenvalue weighted by molar-refractivity contribution is 0.125. The third kappa shape index (κ3) is 3.31. The molecule has 0 amide bonds. The lowest BCUT2D eigenvalue weighted by atomic mass is 9.94. The molecule has 2 rings (SSSR count). The van der Waals surface area contributed by atoms with Crippen LogP contribution in [0.3, 0.4) is 0 Å². The highest BCUT2D eigenvalue weighted by molar-refractivity contribution is 9.10. The van der Waals surface area contributed by atoms with Crippen LogP contribution in [0.25, 0.3) is 0 Å². The highest BCUT2D eigenvalue weighted by Gasteiger charge is 2.27. The van der Waals surface area contributed by atoms with Crippen molar-refractivity contribution in [3.63, 3.8) is 0 Å². The average molecular weight is 312 g/mol. The molecule has 1 N–H and O–H groups in total. The van der Waals surface area contributed by atoms with Crippen LogP contribution >= 0.6 is 15.9 Å². The smallest absolute Gasteiger partial charge is 0.106 e. The molecule has 0 radical (unpaired) electrons. The van der Waals surface area contributed by atoms with Gasteiger partial charge in [0.15, 0.2) is 0 Å². The van der Waals surface area contributed by atoms with Crippen LogP contribution in [-0.4, -0.2) is 36.1 Å². The van der Waals surface area contributed by atoms with E-state index in [1.54, 1.807) is 0 Å². The lowest BCUT2D eigenvalue weighted by Gasteiger charge is -2.37. The molecule has 0 aromatic carbocycles. The van der Waals surface area contributed by atoms with Crippen LogP contribution in [0.1, 0.15) is 32.0 Å². The van der Waals surface area contributed by atoms with Gasteiger partial charge in [0.2, 0.25) is 0 Å². The Hall–Kier alpha value is -0.450. The van der Waals surface area contributed by atoms with Gasteiger partial charge in [-0.1, -0.05) is 26.3 Å². The lowest BCUT2D eigenvalue weighted by Crippen LogP contribution is -2.46. The molecule has 1 aliphatic heterocycles. The van der Waals surface area contributed by atoms with Gasteiger partial charge in [-0.15, -0.1) is 0 Å². The molecule has 18 heavy (non-hydrogen) atoms. The summed E-state index contributed by atoms with van der Waals surface area (Å²) in [6.45, 7) is 8.99. The van der Waals surface area contributed by atoms with Gasteiger partial charge in [0, 0.05) is 26.2 Å². The summed E-state index contributed by atoms with van der Waals surface area (Å²) in [6, 6.07) is 6.68. The maximum absolute atomic E-state index is 4.67. The molecular weight excluding hydrogens is 290 g/mol. The molecule has 1 aromatic rings. The standard InChI is InChI=1S/C14H22BrN3/c1-3-11(2)14(18-9-7-16-8-10-18)12-5-4-6-13(15)17-12/h4-6,11,14,16H,3,7-10H2,1-2H3/t11?,14-/m1/s1. The number of pyridine rings is 1. The fourth-order valence-electron chi connectivity index (χ4n) is 2.61. The van der Waals surface area contributed by atoms with Crippen molar-refractivity contribution in [1.82, 2.24) is 15.2 Å². The molecule has 0 saturated carbocycles. The molecule has 1 unspecified atom stereocenters. The predicted molar refractivity (Wildman–Crippen MR) is 78.6 cm³/mol. The summed E-state index contributed by atoms with van der Waals surface area (Å²) in [5.74, 6) is 0.630. The zero-order valence-corrected chi connectivity index (χ0v) is 12.8. The predicted octanol–water partition coefficient (Wildman–Crippen LogP) is 2.84. The van der Waals surface area contributed by atoms with E-state index in [1.807, 2.05) is 6.07 Å². The van der Waals surface area contributed by atoms with Gasteiger partial charge in [-0.3, -0.25) is 4.90 Å². The first-order chi connectivity index (χ1) is 8.72. The summed E-state index contributed by atoms with van der Waals surface area (Å²) in [5, 5.41) is 3.42. The Morgan fingerprint density at radius 1 is 1.39 bits per heavy atom. The maximum atomic E-state index is 4.67. The minimum atomic E-state index is 0.439. The fraction of sp³-hybridized carbons (Fsp3) is 0.643. The number of nitrogens with zero attached hydrogens (tertiary/aromatic N) is 2. The molecule has 2 heterocycles. The highest BCUT2D eigenvalue weighted by atomic mass is 79.9. The summed E-state index contributed by atoms with van der Waals surface area (Å²) < 4.78 is 0.934. The number of rotatable bonds is 4. The van der Waals surface area contributed by atoms with Crippen molar-refractivity contribution in [2.75, 3.05) is 26.2 Å². The van der Waals surface area contributed by atoms with Crippen molar-refractivity contribution in [3.8, 4) is 0 Å². The molecule has 2 atom stereocenters. The second kappa shape index (κ2) is 6.64. The molecule has 100 valence electrons. The SMILES string of the molecule is CCC(C)[C@H](c1cccc(Br)n1)N1CCNCC1. The van der Waals surface area contributed by atoms with Crippen LogP contribution in [0.4, 0.5) is 0 Å². The van der Waals surface area contributed by atoms with E-state index in [0.29, 0.717) is 12.0 Å². The summed E-state index contributed by atoms with van der Waals surface area (Å²) in [5.41, 5.74) is 1.20.